The fourth-order valence-electron chi connectivity index (χ4n) is 2.38. The monoisotopic (exact) mass is 333 g/mol. The first kappa shape index (κ1) is 17.3. The summed E-state index contributed by atoms with van der Waals surface area (Å²) in [5.74, 6) is 1.03. The van der Waals surface area contributed by atoms with Gasteiger partial charge in [-0.2, -0.15) is 0 Å². The van der Waals surface area contributed by atoms with Crippen LogP contribution in [0.5, 0.6) is 5.75 Å². The molecule has 2 rings (SSSR count). The minimum absolute atomic E-state index is 0.244. The molecule has 5 heteroatoms. The van der Waals surface area contributed by atoms with Crippen molar-refractivity contribution >= 4 is 15.7 Å². The normalized spacial score (nSPS) is 11.5. The van der Waals surface area contributed by atoms with Crippen LogP contribution in [-0.4, -0.2) is 15.5 Å². The minimum atomic E-state index is -3.64. The molecule has 0 atom stereocenters. The summed E-state index contributed by atoms with van der Waals surface area (Å²) in [5.41, 5.74) is 2.53. The maximum Gasteiger partial charge on any atom is 0.262 e. The van der Waals surface area contributed by atoms with E-state index in [0.717, 1.165) is 17.5 Å². The fourth-order valence-corrected chi connectivity index (χ4v) is 3.44. The first-order valence-corrected chi connectivity index (χ1v) is 9.06. The van der Waals surface area contributed by atoms with E-state index in [4.69, 9.17) is 4.74 Å². The maximum atomic E-state index is 12.5. The number of ether oxygens (including phenoxy) is 1. The van der Waals surface area contributed by atoms with Gasteiger partial charge in [0, 0.05) is 0 Å². The number of rotatable bonds is 6. The topological polar surface area (TPSA) is 55.4 Å². The van der Waals surface area contributed by atoms with Crippen LogP contribution in [0.15, 0.2) is 47.4 Å². The van der Waals surface area contributed by atoms with Crippen LogP contribution in [0.1, 0.15) is 25.0 Å². The molecular weight excluding hydrogens is 310 g/mol. The molecule has 0 aliphatic rings. The molecule has 0 fully saturated rings. The van der Waals surface area contributed by atoms with Crippen molar-refractivity contribution in [2.24, 2.45) is 5.92 Å². The van der Waals surface area contributed by atoms with Crippen molar-refractivity contribution < 1.29 is 13.2 Å². The van der Waals surface area contributed by atoms with E-state index in [9.17, 15) is 8.42 Å². The smallest absolute Gasteiger partial charge is 0.262 e. The molecule has 0 bridgehead atoms. The van der Waals surface area contributed by atoms with Gasteiger partial charge in [-0.1, -0.05) is 32.0 Å². The zero-order valence-corrected chi connectivity index (χ0v) is 14.8. The Morgan fingerprint density at radius 2 is 1.74 bits per heavy atom. The molecule has 0 saturated carbocycles. The molecule has 0 radical (unpaired) electrons. The number of methoxy groups -OCH3 is 1. The molecule has 0 aliphatic heterocycles. The van der Waals surface area contributed by atoms with E-state index in [0.29, 0.717) is 17.4 Å². The van der Waals surface area contributed by atoms with Crippen LogP contribution in [-0.2, 0) is 16.4 Å². The Kier molecular flexibility index (Phi) is 5.31. The molecule has 0 aliphatic carbocycles. The van der Waals surface area contributed by atoms with Crippen molar-refractivity contribution in [3.8, 4) is 5.75 Å². The molecule has 0 amide bonds. The summed E-state index contributed by atoms with van der Waals surface area (Å²) in [5, 5.41) is 0. The summed E-state index contributed by atoms with van der Waals surface area (Å²) in [6.45, 7) is 6.17. The summed E-state index contributed by atoms with van der Waals surface area (Å²) in [6, 6.07) is 12.4. The highest BCUT2D eigenvalue weighted by Crippen LogP contribution is 2.28. The number of sulfonamides is 1. The van der Waals surface area contributed by atoms with Crippen LogP contribution in [0.3, 0.4) is 0 Å². The highest BCUT2D eigenvalue weighted by Gasteiger charge is 2.16. The van der Waals surface area contributed by atoms with Gasteiger partial charge in [0.05, 0.1) is 17.7 Å². The zero-order valence-electron chi connectivity index (χ0n) is 14.0. The Balaban J connectivity index is 2.27. The van der Waals surface area contributed by atoms with Gasteiger partial charge in [-0.15, -0.1) is 0 Å². The Morgan fingerprint density at radius 1 is 1.09 bits per heavy atom. The lowest BCUT2D eigenvalue weighted by Gasteiger charge is -2.13. The Morgan fingerprint density at radius 3 is 2.30 bits per heavy atom. The van der Waals surface area contributed by atoms with Crippen molar-refractivity contribution in [2.45, 2.75) is 32.1 Å². The summed E-state index contributed by atoms with van der Waals surface area (Å²) in [7, 11) is -2.12. The van der Waals surface area contributed by atoms with E-state index in [1.165, 1.54) is 7.11 Å². The maximum absolute atomic E-state index is 12.5. The van der Waals surface area contributed by atoms with Gasteiger partial charge in [0.2, 0.25) is 0 Å². The van der Waals surface area contributed by atoms with Crippen LogP contribution in [0.4, 0.5) is 5.69 Å². The number of hydrogen-bond donors (Lipinski definition) is 1. The predicted molar refractivity (Wildman–Crippen MR) is 93.5 cm³/mol. The zero-order chi connectivity index (χ0) is 17.0. The number of aryl methyl sites for hydroxylation is 1. The number of nitrogens with one attached hydrogen (secondary N) is 1. The first-order chi connectivity index (χ1) is 10.8. The van der Waals surface area contributed by atoms with Gasteiger partial charge in [0.15, 0.2) is 0 Å². The van der Waals surface area contributed by atoms with Crippen LogP contribution in [0.25, 0.3) is 0 Å². The van der Waals surface area contributed by atoms with Crippen LogP contribution >= 0.6 is 0 Å². The molecule has 0 spiro atoms. The third-order valence-corrected chi connectivity index (χ3v) is 4.86. The van der Waals surface area contributed by atoms with E-state index < -0.39 is 10.0 Å². The van der Waals surface area contributed by atoms with Crippen LogP contribution in [0, 0.1) is 12.8 Å². The van der Waals surface area contributed by atoms with Crippen molar-refractivity contribution in [3.05, 3.63) is 53.6 Å². The Hall–Kier alpha value is -2.01. The third kappa shape index (κ3) is 4.48. The molecular formula is C18H23NO3S. The number of benzene rings is 2. The quantitative estimate of drug-likeness (QED) is 0.869. The number of hydrogen-bond acceptors (Lipinski definition) is 3. The van der Waals surface area contributed by atoms with Crippen molar-refractivity contribution in [1.29, 1.82) is 0 Å². The molecule has 0 unspecified atom stereocenters. The second-order valence-electron chi connectivity index (χ2n) is 6.05. The Bertz CT molecular complexity index is 765. The third-order valence-electron chi connectivity index (χ3n) is 3.48. The minimum Gasteiger partial charge on any atom is -0.495 e. The van der Waals surface area contributed by atoms with E-state index in [2.05, 4.69) is 18.6 Å². The molecule has 4 nitrogen and oxygen atoms in total. The molecule has 2 aromatic carbocycles. The number of anilines is 1. The van der Waals surface area contributed by atoms with Gasteiger partial charge < -0.3 is 4.74 Å². The summed E-state index contributed by atoms with van der Waals surface area (Å²) in [4.78, 5) is 0.244. The molecule has 0 aromatic heterocycles. The first-order valence-electron chi connectivity index (χ1n) is 7.58. The highest BCUT2D eigenvalue weighted by atomic mass is 32.2. The second kappa shape index (κ2) is 7.04. The summed E-state index contributed by atoms with van der Waals surface area (Å²) >= 11 is 0. The standard InChI is InChI=1S/C18H23NO3S/c1-13(2)11-15-6-8-16(9-7-15)23(20,21)19-17-12-14(3)5-10-18(17)22-4/h5-10,12-13,19H,11H2,1-4H3. The molecule has 2 aromatic rings. The Labute approximate surface area is 138 Å². The van der Waals surface area contributed by atoms with Gasteiger partial charge >= 0.3 is 0 Å². The van der Waals surface area contributed by atoms with Crippen LogP contribution < -0.4 is 9.46 Å². The lowest BCUT2D eigenvalue weighted by atomic mass is 10.0. The van der Waals surface area contributed by atoms with Crippen molar-refractivity contribution in [3.63, 3.8) is 0 Å². The van der Waals surface area contributed by atoms with Gasteiger partial charge in [-0.3, -0.25) is 4.72 Å². The predicted octanol–water partition coefficient (Wildman–Crippen LogP) is 4.00. The van der Waals surface area contributed by atoms with Gasteiger partial charge in [-0.25, -0.2) is 8.42 Å². The lowest BCUT2D eigenvalue weighted by Crippen LogP contribution is -2.14. The molecule has 23 heavy (non-hydrogen) atoms. The van der Waals surface area contributed by atoms with E-state index >= 15 is 0 Å². The second-order valence-corrected chi connectivity index (χ2v) is 7.73. The molecule has 0 saturated heterocycles. The van der Waals surface area contributed by atoms with Gasteiger partial charge in [0.25, 0.3) is 10.0 Å². The average molecular weight is 333 g/mol. The summed E-state index contributed by atoms with van der Waals surface area (Å²) < 4.78 is 32.9. The largest absolute Gasteiger partial charge is 0.495 e. The SMILES string of the molecule is COc1ccc(C)cc1NS(=O)(=O)c1ccc(CC(C)C)cc1. The van der Waals surface area contributed by atoms with Crippen molar-refractivity contribution in [1.82, 2.24) is 0 Å². The fraction of sp³-hybridized carbons (Fsp3) is 0.333. The van der Waals surface area contributed by atoms with Gasteiger partial charge in [0.1, 0.15) is 5.75 Å². The lowest BCUT2D eigenvalue weighted by molar-refractivity contribution is 0.417. The van der Waals surface area contributed by atoms with E-state index in [1.54, 1.807) is 24.3 Å². The average Bonchev–Trinajstić information content (AvgIpc) is 2.47. The van der Waals surface area contributed by atoms with Crippen molar-refractivity contribution in [2.75, 3.05) is 11.8 Å². The van der Waals surface area contributed by atoms with Gasteiger partial charge in [-0.05, 0) is 54.7 Å². The molecule has 1 N–H and O–H groups in total. The van der Waals surface area contributed by atoms with Crippen LogP contribution in [0.2, 0.25) is 0 Å². The molecule has 124 valence electrons. The van der Waals surface area contributed by atoms with E-state index in [-0.39, 0.29) is 4.90 Å². The molecule has 0 heterocycles. The summed E-state index contributed by atoms with van der Waals surface area (Å²) in [6.07, 6.45) is 0.930. The van der Waals surface area contributed by atoms with E-state index in [1.807, 2.05) is 25.1 Å². The highest BCUT2D eigenvalue weighted by molar-refractivity contribution is 7.92.